The molecule has 5 nitrogen and oxygen atoms in total. The van der Waals surface area contributed by atoms with Crippen LogP contribution in [0.4, 0.5) is 0 Å². The van der Waals surface area contributed by atoms with Crippen molar-refractivity contribution in [2.24, 2.45) is 4.99 Å². The summed E-state index contributed by atoms with van der Waals surface area (Å²) in [6, 6.07) is 18.6. The highest BCUT2D eigenvalue weighted by Crippen LogP contribution is 2.18. The predicted molar refractivity (Wildman–Crippen MR) is 125 cm³/mol. The number of guanidine groups is 1. The Bertz CT molecular complexity index is 794. The SMILES string of the molecule is CN=C(NCCC(=O)N(C)Cc1ccccc1)N1CCc2ccccc2C1.I. The third kappa shape index (κ3) is 5.95. The van der Waals surface area contributed by atoms with Crippen LogP contribution in [-0.2, 0) is 24.3 Å². The lowest BCUT2D eigenvalue weighted by Gasteiger charge is -2.31. The minimum absolute atomic E-state index is 0. The van der Waals surface area contributed by atoms with Crippen LogP contribution in [0.3, 0.4) is 0 Å². The number of rotatable bonds is 5. The fourth-order valence-corrected chi connectivity index (χ4v) is 3.43. The van der Waals surface area contributed by atoms with Crippen LogP contribution >= 0.6 is 24.0 Å². The Balaban J connectivity index is 0.00000280. The fourth-order valence-electron chi connectivity index (χ4n) is 3.43. The van der Waals surface area contributed by atoms with E-state index in [1.807, 2.05) is 37.4 Å². The molecule has 0 bridgehead atoms. The number of carbonyl (C=O) groups excluding carboxylic acids is 1. The Labute approximate surface area is 184 Å². The molecular formula is C22H29IN4O. The van der Waals surface area contributed by atoms with Crippen LogP contribution < -0.4 is 5.32 Å². The van der Waals surface area contributed by atoms with Crippen molar-refractivity contribution in [2.75, 3.05) is 27.2 Å². The number of benzene rings is 2. The zero-order valence-corrected chi connectivity index (χ0v) is 18.9. The summed E-state index contributed by atoms with van der Waals surface area (Å²) in [4.78, 5) is 20.8. The van der Waals surface area contributed by atoms with Crippen LogP contribution in [0.25, 0.3) is 0 Å². The van der Waals surface area contributed by atoms with Crippen molar-refractivity contribution in [3.63, 3.8) is 0 Å². The van der Waals surface area contributed by atoms with Crippen LogP contribution in [0.5, 0.6) is 0 Å². The van der Waals surface area contributed by atoms with Crippen LogP contribution in [0, 0.1) is 0 Å². The van der Waals surface area contributed by atoms with E-state index >= 15 is 0 Å². The molecule has 1 amide bonds. The number of halogens is 1. The molecule has 150 valence electrons. The zero-order chi connectivity index (χ0) is 19.1. The van der Waals surface area contributed by atoms with E-state index in [4.69, 9.17) is 0 Å². The molecule has 0 saturated carbocycles. The summed E-state index contributed by atoms with van der Waals surface area (Å²) in [6.07, 6.45) is 1.47. The minimum atomic E-state index is 0. The van der Waals surface area contributed by atoms with Gasteiger partial charge in [-0.25, -0.2) is 0 Å². The van der Waals surface area contributed by atoms with Gasteiger partial charge in [0.15, 0.2) is 5.96 Å². The normalized spacial score (nSPS) is 13.4. The van der Waals surface area contributed by atoms with E-state index in [9.17, 15) is 4.79 Å². The highest BCUT2D eigenvalue weighted by atomic mass is 127. The van der Waals surface area contributed by atoms with E-state index < -0.39 is 0 Å². The molecule has 0 saturated heterocycles. The van der Waals surface area contributed by atoms with Gasteiger partial charge in [0.25, 0.3) is 0 Å². The molecule has 2 aromatic rings. The quantitative estimate of drug-likeness (QED) is 0.396. The van der Waals surface area contributed by atoms with Gasteiger partial charge in [0.1, 0.15) is 0 Å². The summed E-state index contributed by atoms with van der Waals surface area (Å²) in [7, 11) is 3.65. The Hall–Kier alpha value is -2.09. The van der Waals surface area contributed by atoms with Crippen molar-refractivity contribution in [2.45, 2.75) is 25.9 Å². The minimum Gasteiger partial charge on any atom is -0.356 e. The third-order valence-corrected chi connectivity index (χ3v) is 4.95. The summed E-state index contributed by atoms with van der Waals surface area (Å²) in [5, 5.41) is 3.35. The molecular weight excluding hydrogens is 463 g/mol. The maximum atomic E-state index is 12.4. The van der Waals surface area contributed by atoms with Gasteiger partial charge >= 0.3 is 0 Å². The maximum Gasteiger partial charge on any atom is 0.224 e. The Morgan fingerprint density at radius 2 is 1.79 bits per heavy atom. The monoisotopic (exact) mass is 492 g/mol. The first-order valence-electron chi connectivity index (χ1n) is 9.47. The third-order valence-electron chi connectivity index (χ3n) is 4.95. The molecule has 0 spiro atoms. The second-order valence-corrected chi connectivity index (χ2v) is 6.90. The number of hydrogen-bond donors (Lipinski definition) is 1. The number of nitrogens with one attached hydrogen (secondary N) is 1. The zero-order valence-electron chi connectivity index (χ0n) is 16.6. The first-order valence-corrected chi connectivity index (χ1v) is 9.47. The van der Waals surface area contributed by atoms with Gasteiger partial charge in [0, 0.05) is 46.7 Å². The van der Waals surface area contributed by atoms with Gasteiger partial charge in [0.2, 0.25) is 5.91 Å². The van der Waals surface area contributed by atoms with E-state index in [-0.39, 0.29) is 29.9 Å². The van der Waals surface area contributed by atoms with Crippen molar-refractivity contribution in [1.29, 1.82) is 0 Å². The highest BCUT2D eigenvalue weighted by molar-refractivity contribution is 14.0. The van der Waals surface area contributed by atoms with Gasteiger partial charge in [-0.2, -0.15) is 0 Å². The Kier molecular flexibility index (Phi) is 8.76. The van der Waals surface area contributed by atoms with E-state index in [1.54, 1.807) is 11.9 Å². The summed E-state index contributed by atoms with van der Waals surface area (Å²) >= 11 is 0. The fraction of sp³-hybridized carbons (Fsp3) is 0.364. The number of fused-ring (bicyclic) bond motifs is 1. The molecule has 1 aliphatic rings. The molecule has 1 N–H and O–H groups in total. The predicted octanol–water partition coefficient (Wildman–Crippen LogP) is 3.29. The largest absolute Gasteiger partial charge is 0.356 e. The average molecular weight is 492 g/mol. The summed E-state index contributed by atoms with van der Waals surface area (Å²) in [5.74, 6) is 0.994. The molecule has 1 aliphatic heterocycles. The summed E-state index contributed by atoms with van der Waals surface area (Å²) < 4.78 is 0. The number of amides is 1. The lowest BCUT2D eigenvalue weighted by Crippen LogP contribution is -2.45. The lowest BCUT2D eigenvalue weighted by molar-refractivity contribution is -0.130. The van der Waals surface area contributed by atoms with Crippen LogP contribution in [0.1, 0.15) is 23.1 Å². The molecule has 3 rings (SSSR count). The first kappa shape index (κ1) is 22.2. The van der Waals surface area contributed by atoms with E-state index in [1.165, 1.54) is 11.1 Å². The van der Waals surface area contributed by atoms with Gasteiger partial charge in [-0.1, -0.05) is 54.6 Å². The van der Waals surface area contributed by atoms with E-state index in [0.29, 0.717) is 19.5 Å². The molecule has 28 heavy (non-hydrogen) atoms. The first-order chi connectivity index (χ1) is 13.2. The smallest absolute Gasteiger partial charge is 0.224 e. The van der Waals surface area contributed by atoms with Gasteiger partial charge in [-0.3, -0.25) is 9.79 Å². The molecule has 0 aromatic heterocycles. The van der Waals surface area contributed by atoms with Crippen molar-refractivity contribution >= 4 is 35.8 Å². The molecule has 0 unspecified atom stereocenters. The van der Waals surface area contributed by atoms with Gasteiger partial charge in [-0.05, 0) is 23.1 Å². The van der Waals surface area contributed by atoms with E-state index in [2.05, 4.69) is 39.5 Å². The Morgan fingerprint density at radius 1 is 1.11 bits per heavy atom. The maximum absolute atomic E-state index is 12.4. The van der Waals surface area contributed by atoms with E-state index in [0.717, 1.165) is 31.0 Å². The van der Waals surface area contributed by atoms with Gasteiger partial charge in [-0.15, -0.1) is 24.0 Å². The lowest BCUT2D eigenvalue weighted by atomic mass is 10.0. The highest BCUT2D eigenvalue weighted by Gasteiger charge is 2.18. The van der Waals surface area contributed by atoms with Crippen LogP contribution in [0.2, 0.25) is 0 Å². The number of nitrogens with zero attached hydrogens (tertiary/aromatic N) is 3. The molecule has 6 heteroatoms. The second-order valence-electron chi connectivity index (χ2n) is 6.90. The van der Waals surface area contributed by atoms with Crippen molar-refractivity contribution in [3.05, 3.63) is 71.3 Å². The van der Waals surface area contributed by atoms with Gasteiger partial charge < -0.3 is 15.1 Å². The van der Waals surface area contributed by atoms with Crippen molar-refractivity contribution in [1.82, 2.24) is 15.1 Å². The molecule has 0 fully saturated rings. The topological polar surface area (TPSA) is 47.9 Å². The number of carbonyl (C=O) groups is 1. The van der Waals surface area contributed by atoms with Crippen molar-refractivity contribution < 1.29 is 4.79 Å². The molecule has 0 aliphatic carbocycles. The van der Waals surface area contributed by atoms with Crippen molar-refractivity contribution in [3.8, 4) is 0 Å². The number of hydrogen-bond acceptors (Lipinski definition) is 2. The van der Waals surface area contributed by atoms with Crippen LogP contribution in [0.15, 0.2) is 59.6 Å². The summed E-state index contributed by atoms with van der Waals surface area (Å²) in [6.45, 7) is 3.02. The molecule has 0 radical (unpaired) electrons. The second kappa shape index (κ2) is 11.0. The average Bonchev–Trinajstić information content (AvgIpc) is 2.71. The standard InChI is InChI=1S/C22H28N4O.HI/c1-23-22(26-15-13-19-10-6-7-11-20(19)17-26)24-14-12-21(27)25(2)16-18-8-4-3-5-9-18;/h3-11H,12-17H2,1-2H3,(H,23,24);1H. The van der Waals surface area contributed by atoms with Crippen LogP contribution in [-0.4, -0.2) is 48.9 Å². The molecule has 1 heterocycles. The molecule has 0 atom stereocenters. The molecule has 2 aromatic carbocycles. The number of aliphatic imine (C=N–C) groups is 1. The summed E-state index contributed by atoms with van der Waals surface area (Å²) in [5.41, 5.74) is 3.91. The Morgan fingerprint density at radius 3 is 2.50 bits per heavy atom. The van der Waals surface area contributed by atoms with Gasteiger partial charge in [0.05, 0.1) is 0 Å².